The van der Waals surface area contributed by atoms with Gasteiger partial charge in [-0.15, -0.1) is 0 Å². The van der Waals surface area contributed by atoms with Crippen LogP contribution in [0.3, 0.4) is 0 Å². The van der Waals surface area contributed by atoms with Crippen LogP contribution in [0.15, 0.2) is 42.9 Å². The number of rotatable bonds is 6. The summed E-state index contributed by atoms with van der Waals surface area (Å²) < 4.78 is 0. The third-order valence-electron chi connectivity index (χ3n) is 4.81. The Morgan fingerprint density at radius 2 is 1.96 bits per heavy atom. The summed E-state index contributed by atoms with van der Waals surface area (Å²) in [6, 6.07) is 10.7. The minimum absolute atomic E-state index is 0.279. The van der Waals surface area contributed by atoms with E-state index in [0.717, 1.165) is 50.4 Å². The van der Waals surface area contributed by atoms with E-state index in [0.29, 0.717) is 6.42 Å². The van der Waals surface area contributed by atoms with Gasteiger partial charge in [0.25, 0.3) is 0 Å². The van der Waals surface area contributed by atoms with Gasteiger partial charge >= 0.3 is 0 Å². The second-order valence-electron chi connectivity index (χ2n) is 6.43. The maximum Gasteiger partial charge on any atom is 0.222 e. The largest absolute Gasteiger partial charge is 0.348 e. The molecule has 1 amide bonds. The Kier molecular flexibility index (Phi) is 5.46. The predicted molar refractivity (Wildman–Crippen MR) is 91.0 cm³/mol. The maximum absolute atomic E-state index is 12.3. The van der Waals surface area contributed by atoms with Gasteiger partial charge < -0.3 is 9.88 Å². The smallest absolute Gasteiger partial charge is 0.222 e. The molecule has 1 aromatic heterocycles. The third kappa shape index (κ3) is 4.68. The molecule has 0 unspecified atom stereocenters. The Morgan fingerprint density at radius 3 is 2.65 bits per heavy atom. The van der Waals surface area contributed by atoms with Crippen LogP contribution >= 0.6 is 0 Å². The highest BCUT2D eigenvalue weighted by Crippen LogP contribution is 2.23. The van der Waals surface area contributed by atoms with Gasteiger partial charge in [0.2, 0.25) is 5.91 Å². The molecule has 4 nitrogen and oxygen atoms in total. The van der Waals surface area contributed by atoms with Gasteiger partial charge in [0.15, 0.2) is 0 Å². The average molecular weight is 311 g/mol. The van der Waals surface area contributed by atoms with Crippen LogP contribution in [0.1, 0.15) is 36.9 Å². The van der Waals surface area contributed by atoms with E-state index in [-0.39, 0.29) is 5.91 Å². The van der Waals surface area contributed by atoms with Crippen molar-refractivity contribution in [1.82, 2.24) is 14.9 Å². The van der Waals surface area contributed by atoms with Crippen molar-refractivity contribution in [2.45, 2.75) is 38.5 Å². The van der Waals surface area contributed by atoms with Gasteiger partial charge in [-0.25, -0.2) is 4.98 Å². The number of nitrogens with one attached hydrogen (secondary N) is 1. The van der Waals surface area contributed by atoms with Crippen LogP contribution in [-0.4, -0.2) is 33.9 Å². The fourth-order valence-corrected chi connectivity index (χ4v) is 3.31. The lowest BCUT2D eigenvalue weighted by molar-refractivity contribution is -0.132. The van der Waals surface area contributed by atoms with Crippen LogP contribution in [0, 0.1) is 5.92 Å². The molecule has 2 aromatic rings. The molecule has 1 fully saturated rings. The summed E-state index contributed by atoms with van der Waals surface area (Å²) in [4.78, 5) is 21.3. The highest BCUT2D eigenvalue weighted by atomic mass is 16.2. The van der Waals surface area contributed by atoms with Crippen molar-refractivity contribution < 1.29 is 4.79 Å². The maximum atomic E-state index is 12.3. The normalized spacial score (nSPS) is 15.7. The molecule has 0 bridgehead atoms. The number of hydrogen-bond acceptors (Lipinski definition) is 2. The topological polar surface area (TPSA) is 49.0 Å². The Balaban J connectivity index is 1.37. The molecule has 0 spiro atoms. The molecule has 1 aromatic carbocycles. The molecule has 2 heterocycles. The summed E-state index contributed by atoms with van der Waals surface area (Å²) in [6.45, 7) is 1.84. The number of amides is 1. The van der Waals surface area contributed by atoms with Crippen LogP contribution in [-0.2, 0) is 17.6 Å². The van der Waals surface area contributed by atoms with Gasteiger partial charge in [0.05, 0.1) is 6.33 Å². The highest BCUT2D eigenvalue weighted by molar-refractivity contribution is 5.76. The average Bonchev–Trinajstić information content (AvgIpc) is 3.13. The lowest BCUT2D eigenvalue weighted by Gasteiger charge is -2.32. The van der Waals surface area contributed by atoms with Gasteiger partial charge in [-0.3, -0.25) is 4.79 Å². The molecule has 122 valence electrons. The van der Waals surface area contributed by atoms with Crippen LogP contribution < -0.4 is 0 Å². The molecule has 1 saturated heterocycles. The van der Waals surface area contributed by atoms with Crippen molar-refractivity contribution in [1.29, 1.82) is 0 Å². The quantitative estimate of drug-likeness (QED) is 0.890. The molecule has 0 saturated carbocycles. The van der Waals surface area contributed by atoms with E-state index < -0.39 is 0 Å². The van der Waals surface area contributed by atoms with Crippen molar-refractivity contribution in [3.8, 4) is 0 Å². The molecule has 0 aliphatic carbocycles. The second-order valence-corrected chi connectivity index (χ2v) is 6.43. The first-order valence-corrected chi connectivity index (χ1v) is 8.60. The van der Waals surface area contributed by atoms with Crippen molar-refractivity contribution in [3.05, 3.63) is 54.1 Å². The summed E-state index contributed by atoms with van der Waals surface area (Å²) in [5, 5.41) is 0. The number of hydrogen-bond donors (Lipinski definition) is 1. The van der Waals surface area contributed by atoms with E-state index in [2.05, 4.69) is 40.3 Å². The summed E-state index contributed by atoms with van der Waals surface area (Å²) >= 11 is 0. The lowest BCUT2D eigenvalue weighted by Crippen LogP contribution is -2.38. The number of benzene rings is 1. The Morgan fingerprint density at radius 1 is 1.17 bits per heavy atom. The standard InChI is InChI=1S/C19H25N3O/c23-19(9-8-18-14-20-15-21-18)22-12-10-17(11-13-22)7-6-16-4-2-1-3-5-16/h1-5,14-15,17H,6-13H2,(H,20,21). The minimum atomic E-state index is 0.279. The Bertz CT molecular complexity index is 586. The van der Waals surface area contributed by atoms with E-state index in [9.17, 15) is 4.79 Å². The number of carbonyl (C=O) groups excluding carboxylic acids is 1. The summed E-state index contributed by atoms with van der Waals surface area (Å²) in [6.07, 6.45) is 9.47. The van der Waals surface area contributed by atoms with Gasteiger partial charge in [-0.1, -0.05) is 30.3 Å². The first kappa shape index (κ1) is 15.8. The van der Waals surface area contributed by atoms with Gasteiger partial charge in [0.1, 0.15) is 0 Å². The zero-order valence-corrected chi connectivity index (χ0v) is 13.6. The van der Waals surface area contributed by atoms with E-state index in [1.54, 1.807) is 12.5 Å². The molecular formula is C19H25N3O. The molecule has 0 radical (unpaired) electrons. The summed E-state index contributed by atoms with van der Waals surface area (Å²) in [5.74, 6) is 1.04. The first-order valence-electron chi connectivity index (χ1n) is 8.60. The number of aromatic nitrogens is 2. The lowest BCUT2D eigenvalue weighted by atomic mass is 9.90. The Labute approximate surface area is 137 Å². The van der Waals surface area contributed by atoms with Crippen molar-refractivity contribution in [2.24, 2.45) is 5.92 Å². The van der Waals surface area contributed by atoms with Gasteiger partial charge in [-0.05, 0) is 43.6 Å². The molecular weight excluding hydrogens is 286 g/mol. The summed E-state index contributed by atoms with van der Waals surface area (Å²) in [7, 11) is 0. The molecule has 23 heavy (non-hydrogen) atoms. The highest BCUT2D eigenvalue weighted by Gasteiger charge is 2.22. The van der Waals surface area contributed by atoms with Gasteiger partial charge in [-0.2, -0.15) is 0 Å². The van der Waals surface area contributed by atoms with Crippen molar-refractivity contribution in [3.63, 3.8) is 0 Å². The number of H-pyrrole nitrogens is 1. The molecule has 3 rings (SSSR count). The van der Waals surface area contributed by atoms with E-state index >= 15 is 0 Å². The zero-order chi connectivity index (χ0) is 15.9. The monoisotopic (exact) mass is 311 g/mol. The van der Waals surface area contributed by atoms with Crippen LogP contribution in [0.2, 0.25) is 0 Å². The third-order valence-corrected chi connectivity index (χ3v) is 4.81. The fourth-order valence-electron chi connectivity index (χ4n) is 3.31. The molecule has 1 N–H and O–H groups in total. The van der Waals surface area contributed by atoms with Crippen molar-refractivity contribution in [2.75, 3.05) is 13.1 Å². The van der Waals surface area contributed by atoms with Crippen molar-refractivity contribution >= 4 is 5.91 Å². The molecule has 0 atom stereocenters. The minimum Gasteiger partial charge on any atom is -0.348 e. The number of piperidine rings is 1. The Hall–Kier alpha value is -2.10. The zero-order valence-electron chi connectivity index (χ0n) is 13.6. The van der Waals surface area contributed by atoms with Crippen LogP contribution in [0.25, 0.3) is 0 Å². The van der Waals surface area contributed by atoms with Crippen LogP contribution in [0.5, 0.6) is 0 Å². The fraction of sp³-hybridized carbons (Fsp3) is 0.474. The number of aryl methyl sites for hydroxylation is 2. The van der Waals surface area contributed by atoms with E-state index in [4.69, 9.17) is 0 Å². The predicted octanol–water partition coefficient (Wildman–Crippen LogP) is 3.21. The molecule has 4 heteroatoms. The number of imidazole rings is 1. The first-order chi connectivity index (χ1) is 11.3. The second kappa shape index (κ2) is 7.95. The number of likely N-dealkylation sites (tertiary alicyclic amines) is 1. The summed E-state index contributed by atoms with van der Waals surface area (Å²) in [5.41, 5.74) is 2.46. The van der Waals surface area contributed by atoms with Gasteiger partial charge in [0, 0.05) is 31.4 Å². The molecule has 1 aliphatic heterocycles. The van der Waals surface area contributed by atoms with E-state index in [1.807, 2.05) is 4.90 Å². The molecule has 1 aliphatic rings. The number of nitrogens with zero attached hydrogens (tertiary/aromatic N) is 2. The van der Waals surface area contributed by atoms with E-state index in [1.165, 1.54) is 12.0 Å². The van der Waals surface area contributed by atoms with Crippen LogP contribution in [0.4, 0.5) is 0 Å². The SMILES string of the molecule is O=C(CCc1cnc[nH]1)N1CCC(CCc2ccccc2)CC1. The number of carbonyl (C=O) groups is 1. The number of aromatic amines is 1.